The van der Waals surface area contributed by atoms with Crippen molar-refractivity contribution in [3.8, 4) is 6.07 Å². The summed E-state index contributed by atoms with van der Waals surface area (Å²) in [5.74, 6) is -0.307. The van der Waals surface area contributed by atoms with Crippen molar-refractivity contribution < 1.29 is 9.50 Å². The maximum absolute atomic E-state index is 14.1. The zero-order valence-corrected chi connectivity index (χ0v) is 11.8. The van der Waals surface area contributed by atoms with Crippen LogP contribution in [0.2, 0.25) is 0 Å². The Hall–Kier alpha value is -1.12. The molecule has 5 heteroatoms. The zero-order chi connectivity index (χ0) is 13.5. The highest BCUT2D eigenvalue weighted by Crippen LogP contribution is 2.36. The number of halogens is 2. The van der Waals surface area contributed by atoms with Crippen LogP contribution in [0.25, 0.3) is 0 Å². The molecule has 0 atom stereocenters. The van der Waals surface area contributed by atoms with Crippen molar-refractivity contribution in [2.45, 2.75) is 19.4 Å². The highest BCUT2D eigenvalue weighted by Gasteiger charge is 2.44. The molecule has 0 radical (unpaired) electrons. The second kappa shape index (κ2) is 4.52. The second-order valence-corrected chi connectivity index (χ2v) is 5.78. The summed E-state index contributed by atoms with van der Waals surface area (Å²) in [6, 6.07) is 5.08. The molecule has 1 N–H and O–H groups in total. The van der Waals surface area contributed by atoms with Crippen LogP contribution in [0.4, 0.5) is 10.1 Å². The van der Waals surface area contributed by atoms with Crippen LogP contribution in [0.15, 0.2) is 16.6 Å². The summed E-state index contributed by atoms with van der Waals surface area (Å²) in [6.45, 7) is 4.73. The van der Waals surface area contributed by atoms with E-state index in [2.05, 4.69) is 15.9 Å². The first-order valence-corrected chi connectivity index (χ1v) is 6.54. The number of nitriles is 1. The second-order valence-electron chi connectivity index (χ2n) is 4.99. The number of hydrogen-bond donors (Lipinski definition) is 1. The molecule has 0 aliphatic carbocycles. The van der Waals surface area contributed by atoms with E-state index in [4.69, 9.17) is 5.26 Å². The molecule has 1 aliphatic rings. The standard InChI is InChI=1S/C13H14BrFN2O/c1-8(2)13(18)6-17(7-13)10-4-3-9(5-16)11(14)12(10)15/h3-4,8,18H,6-7H2,1-2H3. The Morgan fingerprint density at radius 2 is 2.11 bits per heavy atom. The van der Waals surface area contributed by atoms with Crippen LogP contribution < -0.4 is 4.90 Å². The smallest absolute Gasteiger partial charge is 0.161 e. The van der Waals surface area contributed by atoms with Gasteiger partial charge in [-0.15, -0.1) is 0 Å². The van der Waals surface area contributed by atoms with Crippen LogP contribution in [-0.4, -0.2) is 23.8 Å². The summed E-state index contributed by atoms with van der Waals surface area (Å²) < 4.78 is 14.2. The van der Waals surface area contributed by atoms with Crippen molar-refractivity contribution >= 4 is 21.6 Å². The van der Waals surface area contributed by atoms with Gasteiger partial charge in [0.05, 0.1) is 15.7 Å². The number of hydrogen-bond acceptors (Lipinski definition) is 3. The lowest BCUT2D eigenvalue weighted by atomic mass is 9.82. The Morgan fingerprint density at radius 3 is 2.61 bits per heavy atom. The maximum atomic E-state index is 14.1. The number of rotatable bonds is 2. The van der Waals surface area contributed by atoms with Crippen LogP contribution in [0.1, 0.15) is 19.4 Å². The minimum absolute atomic E-state index is 0.138. The third-order valence-corrected chi connectivity index (χ3v) is 4.30. The highest BCUT2D eigenvalue weighted by molar-refractivity contribution is 9.10. The van der Waals surface area contributed by atoms with Gasteiger partial charge in [-0.05, 0) is 34.0 Å². The molecule has 0 bridgehead atoms. The van der Waals surface area contributed by atoms with E-state index in [0.717, 1.165) is 0 Å². The van der Waals surface area contributed by atoms with Gasteiger partial charge < -0.3 is 10.0 Å². The molecule has 1 heterocycles. The van der Waals surface area contributed by atoms with Gasteiger partial charge in [0.25, 0.3) is 0 Å². The topological polar surface area (TPSA) is 47.3 Å². The average Bonchev–Trinajstić information content (AvgIpc) is 2.28. The van der Waals surface area contributed by atoms with E-state index in [1.165, 1.54) is 0 Å². The number of anilines is 1. The van der Waals surface area contributed by atoms with Gasteiger partial charge in [-0.3, -0.25) is 0 Å². The average molecular weight is 313 g/mol. The number of aliphatic hydroxyl groups is 1. The lowest BCUT2D eigenvalue weighted by Crippen LogP contribution is -2.65. The van der Waals surface area contributed by atoms with Crippen molar-refractivity contribution in [1.82, 2.24) is 0 Å². The van der Waals surface area contributed by atoms with Crippen molar-refractivity contribution in [3.05, 3.63) is 28.0 Å². The van der Waals surface area contributed by atoms with Gasteiger partial charge in [0.15, 0.2) is 5.82 Å². The van der Waals surface area contributed by atoms with Gasteiger partial charge in [0.1, 0.15) is 11.7 Å². The summed E-state index contributed by atoms with van der Waals surface area (Å²) in [7, 11) is 0. The van der Waals surface area contributed by atoms with Gasteiger partial charge in [0.2, 0.25) is 0 Å². The fraction of sp³-hybridized carbons (Fsp3) is 0.462. The molecule has 1 aromatic carbocycles. The van der Waals surface area contributed by atoms with E-state index >= 15 is 0 Å². The Morgan fingerprint density at radius 1 is 1.50 bits per heavy atom. The number of nitrogens with zero attached hydrogens (tertiary/aromatic N) is 2. The molecule has 0 spiro atoms. The van der Waals surface area contributed by atoms with Gasteiger partial charge in [-0.1, -0.05) is 13.8 Å². The molecule has 1 saturated heterocycles. The van der Waals surface area contributed by atoms with Crippen LogP contribution >= 0.6 is 15.9 Å². The van der Waals surface area contributed by atoms with Crippen LogP contribution in [0, 0.1) is 23.1 Å². The number of β-amino-alcohol motifs (C(OH)–C–C–N with tert-alkyl or cyclic N) is 1. The fourth-order valence-electron chi connectivity index (χ4n) is 2.02. The Labute approximate surface area is 114 Å². The van der Waals surface area contributed by atoms with Crippen LogP contribution in [0.5, 0.6) is 0 Å². The SMILES string of the molecule is CC(C)C1(O)CN(c2ccc(C#N)c(Br)c2F)C1. The van der Waals surface area contributed by atoms with Gasteiger partial charge in [0, 0.05) is 13.1 Å². The van der Waals surface area contributed by atoms with Crippen molar-refractivity contribution in [3.63, 3.8) is 0 Å². The maximum Gasteiger partial charge on any atom is 0.161 e. The van der Waals surface area contributed by atoms with E-state index < -0.39 is 11.4 Å². The monoisotopic (exact) mass is 312 g/mol. The molecule has 1 fully saturated rings. The zero-order valence-electron chi connectivity index (χ0n) is 10.2. The van der Waals surface area contributed by atoms with Gasteiger partial charge in [-0.25, -0.2) is 4.39 Å². The van der Waals surface area contributed by atoms with E-state index in [9.17, 15) is 9.50 Å². The Bertz CT molecular complexity index is 518. The largest absolute Gasteiger partial charge is 0.386 e. The van der Waals surface area contributed by atoms with E-state index in [0.29, 0.717) is 18.8 Å². The predicted molar refractivity (Wildman–Crippen MR) is 70.8 cm³/mol. The van der Waals surface area contributed by atoms with Gasteiger partial charge in [-0.2, -0.15) is 5.26 Å². The first-order valence-electron chi connectivity index (χ1n) is 5.74. The van der Waals surface area contributed by atoms with E-state index in [-0.39, 0.29) is 16.0 Å². The molecule has 1 aliphatic heterocycles. The summed E-state index contributed by atoms with van der Waals surface area (Å²) in [5.41, 5.74) is -0.0469. The first kappa shape index (κ1) is 13.3. The molecule has 96 valence electrons. The molecule has 1 aromatic rings. The molecular weight excluding hydrogens is 299 g/mol. The van der Waals surface area contributed by atoms with Crippen molar-refractivity contribution in [1.29, 1.82) is 5.26 Å². The number of benzene rings is 1. The quantitative estimate of drug-likeness (QED) is 0.913. The summed E-state index contributed by atoms with van der Waals surface area (Å²) in [5, 5.41) is 19.0. The minimum Gasteiger partial charge on any atom is -0.386 e. The van der Waals surface area contributed by atoms with Crippen molar-refractivity contribution in [2.24, 2.45) is 5.92 Å². The molecule has 0 aromatic heterocycles. The highest BCUT2D eigenvalue weighted by atomic mass is 79.9. The Balaban J connectivity index is 2.24. The minimum atomic E-state index is -0.743. The lowest BCUT2D eigenvalue weighted by Gasteiger charge is -2.50. The molecule has 0 amide bonds. The third kappa shape index (κ3) is 2.00. The van der Waals surface area contributed by atoms with Crippen LogP contribution in [-0.2, 0) is 0 Å². The van der Waals surface area contributed by atoms with Gasteiger partial charge >= 0.3 is 0 Å². The molecule has 0 saturated carbocycles. The summed E-state index contributed by atoms with van der Waals surface area (Å²) >= 11 is 3.08. The first-order chi connectivity index (χ1) is 8.39. The normalized spacial score (nSPS) is 17.5. The summed E-state index contributed by atoms with van der Waals surface area (Å²) in [6.07, 6.45) is 0. The molecule has 3 nitrogen and oxygen atoms in total. The van der Waals surface area contributed by atoms with Crippen molar-refractivity contribution in [2.75, 3.05) is 18.0 Å². The van der Waals surface area contributed by atoms with E-state index in [1.54, 1.807) is 17.0 Å². The van der Waals surface area contributed by atoms with E-state index in [1.807, 2.05) is 19.9 Å². The molecule has 0 unspecified atom stereocenters. The Kier molecular flexibility index (Phi) is 3.35. The molecule has 2 rings (SSSR count). The fourth-order valence-corrected chi connectivity index (χ4v) is 2.44. The third-order valence-electron chi connectivity index (χ3n) is 3.53. The van der Waals surface area contributed by atoms with Crippen LogP contribution in [0.3, 0.4) is 0 Å². The predicted octanol–water partition coefficient (Wildman–Crippen LogP) is 2.67. The molecular formula is C13H14BrFN2O. The molecule has 18 heavy (non-hydrogen) atoms. The lowest BCUT2D eigenvalue weighted by molar-refractivity contribution is -0.0303. The summed E-state index contributed by atoms with van der Waals surface area (Å²) in [4.78, 5) is 1.78.